The topological polar surface area (TPSA) is 44.9 Å². The van der Waals surface area contributed by atoms with Crippen molar-refractivity contribution < 1.29 is 18.0 Å². The van der Waals surface area contributed by atoms with Crippen molar-refractivity contribution >= 4 is 16.8 Å². The lowest BCUT2D eigenvalue weighted by Gasteiger charge is -2.05. The van der Waals surface area contributed by atoms with Gasteiger partial charge < -0.3 is 10.3 Å². The number of H-pyrrole nitrogens is 1. The highest BCUT2D eigenvalue weighted by Gasteiger charge is 2.10. The predicted octanol–water partition coefficient (Wildman–Crippen LogP) is 3.56. The summed E-state index contributed by atoms with van der Waals surface area (Å²) >= 11 is 0. The van der Waals surface area contributed by atoms with Gasteiger partial charge in [0.25, 0.3) is 5.91 Å². The van der Waals surface area contributed by atoms with Crippen LogP contribution in [-0.4, -0.2) is 17.4 Å². The Hall–Kier alpha value is -2.76. The first-order chi connectivity index (χ1) is 11.0. The van der Waals surface area contributed by atoms with E-state index in [1.54, 1.807) is 12.3 Å². The molecule has 0 saturated carbocycles. The number of hydrogen-bond donors (Lipinski definition) is 2. The highest BCUT2D eigenvalue weighted by atomic mass is 19.2. The lowest BCUT2D eigenvalue weighted by Crippen LogP contribution is -2.25. The van der Waals surface area contributed by atoms with Gasteiger partial charge in [-0.2, -0.15) is 0 Å². The number of aromatic amines is 1. The van der Waals surface area contributed by atoms with Gasteiger partial charge in [0.15, 0.2) is 11.6 Å². The van der Waals surface area contributed by atoms with Crippen LogP contribution in [0, 0.1) is 17.5 Å². The van der Waals surface area contributed by atoms with E-state index in [2.05, 4.69) is 10.3 Å². The van der Waals surface area contributed by atoms with Gasteiger partial charge in [0, 0.05) is 29.2 Å². The van der Waals surface area contributed by atoms with Gasteiger partial charge in [-0.15, -0.1) is 0 Å². The number of nitrogens with one attached hydrogen (secondary N) is 2. The van der Waals surface area contributed by atoms with Crippen LogP contribution < -0.4 is 5.32 Å². The zero-order valence-corrected chi connectivity index (χ0v) is 12.0. The fourth-order valence-corrected chi connectivity index (χ4v) is 2.41. The fourth-order valence-electron chi connectivity index (χ4n) is 2.41. The van der Waals surface area contributed by atoms with Crippen LogP contribution in [0.1, 0.15) is 15.9 Å². The second-order valence-electron chi connectivity index (χ2n) is 5.14. The molecule has 0 aliphatic heterocycles. The number of carbonyl (C=O) groups excluding carboxylic acids is 1. The molecule has 0 atom stereocenters. The van der Waals surface area contributed by atoms with E-state index in [9.17, 15) is 18.0 Å². The Morgan fingerprint density at radius 3 is 2.65 bits per heavy atom. The van der Waals surface area contributed by atoms with Crippen LogP contribution in [0.4, 0.5) is 13.2 Å². The van der Waals surface area contributed by atoms with E-state index in [0.717, 1.165) is 28.6 Å². The Morgan fingerprint density at radius 2 is 1.87 bits per heavy atom. The third-order valence-corrected chi connectivity index (χ3v) is 3.59. The molecular formula is C17H13F3N2O. The predicted molar refractivity (Wildman–Crippen MR) is 80.7 cm³/mol. The molecule has 23 heavy (non-hydrogen) atoms. The summed E-state index contributed by atoms with van der Waals surface area (Å²) in [5.74, 6) is -2.88. The van der Waals surface area contributed by atoms with Gasteiger partial charge in [-0.25, -0.2) is 13.2 Å². The minimum atomic E-state index is -1.07. The SMILES string of the molecule is O=C(NCCc1c[nH]c2ccc(F)cc12)c1ccc(F)c(F)c1. The molecule has 0 bridgehead atoms. The van der Waals surface area contributed by atoms with Crippen LogP contribution in [0.5, 0.6) is 0 Å². The molecule has 2 aromatic carbocycles. The Kier molecular flexibility index (Phi) is 4.06. The molecule has 0 unspecified atom stereocenters. The van der Waals surface area contributed by atoms with E-state index in [1.165, 1.54) is 18.2 Å². The van der Waals surface area contributed by atoms with Crippen molar-refractivity contribution in [3.8, 4) is 0 Å². The fraction of sp³-hybridized carbons (Fsp3) is 0.118. The number of halogens is 3. The molecule has 0 spiro atoms. The van der Waals surface area contributed by atoms with Crippen molar-refractivity contribution in [2.45, 2.75) is 6.42 Å². The molecule has 1 amide bonds. The van der Waals surface area contributed by atoms with Crippen LogP contribution in [0.25, 0.3) is 10.9 Å². The molecule has 0 saturated heterocycles. The third-order valence-electron chi connectivity index (χ3n) is 3.59. The van der Waals surface area contributed by atoms with E-state index in [4.69, 9.17) is 0 Å². The van der Waals surface area contributed by atoms with Crippen molar-refractivity contribution in [1.29, 1.82) is 0 Å². The van der Waals surface area contributed by atoms with Crippen LogP contribution >= 0.6 is 0 Å². The monoisotopic (exact) mass is 318 g/mol. The average Bonchev–Trinajstić information content (AvgIpc) is 2.92. The highest BCUT2D eigenvalue weighted by molar-refractivity contribution is 5.94. The van der Waals surface area contributed by atoms with Gasteiger partial charge in [-0.05, 0) is 48.4 Å². The van der Waals surface area contributed by atoms with E-state index >= 15 is 0 Å². The smallest absolute Gasteiger partial charge is 0.251 e. The standard InChI is InChI=1S/C17H13F3N2O/c18-12-2-4-16-13(8-12)11(9-22-16)5-6-21-17(23)10-1-3-14(19)15(20)7-10/h1-4,7-9,22H,5-6H2,(H,21,23). The van der Waals surface area contributed by atoms with Gasteiger partial charge in [0.05, 0.1) is 0 Å². The first-order valence-corrected chi connectivity index (χ1v) is 7.03. The average molecular weight is 318 g/mol. The minimum Gasteiger partial charge on any atom is -0.361 e. The molecule has 0 aliphatic rings. The summed E-state index contributed by atoms with van der Waals surface area (Å²) in [7, 11) is 0. The van der Waals surface area contributed by atoms with Gasteiger partial charge in [0.2, 0.25) is 0 Å². The van der Waals surface area contributed by atoms with Crippen molar-refractivity contribution in [3.63, 3.8) is 0 Å². The molecule has 6 heteroatoms. The van der Waals surface area contributed by atoms with Gasteiger partial charge in [0.1, 0.15) is 5.82 Å². The van der Waals surface area contributed by atoms with E-state index in [-0.39, 0.29) is 11.4 Å². The summed E-state index contributed by atoms with van der Waals surface area (Å²) in [6.07, 6.45) is 2.24. The maximum absolute atomic E-state index is 13.3. The van der Waals surface area contributed by atoms with E-state index in [1.807, 2.05) is 0 Å². The molecule has 1 heterocycles. The Labute approximate surface area is 130 Å². The van der Waals surface area contributed by atoms with Crippen LogP contribution in [0.2, 0.25) is 0 Å². The van der Waals surface area contributed by atoms with Crippen LogP contribution in [-0.2, 0) is 6.42 Å². The van der Waals surface area contributed by atoms with E-state index in [0.29, 0.717) is 13.0 Å². The first kappa shape index (κ1) is 15.1. The molecule has 2 N–H and O–H groups in total. The minimum absolute atomic E-state index is 0.0499. The summed E-state index contributed by atoms with van der Waals surface area (Å²) in [6, 6.07) is 7.42. The van der Waals surface area contributed by atoms with Gasteiger partial charge >= 0.3 is 0 Å². The zero-order chi connectivity index (χ0) is 16.4. The van der Waals surface area contributed by atoms with Crippen LogP contribution in [0.3, 0.4) is 0 Å². The second-order valence-corrected chi connectivity index (χ2v) is 5.14. The van der Waals surface area contributed by atoms with Gasteiger partial charge in [-0.3, -0.25) is 4.79 Å². The van der Waals surface area contributed by atoms with Crippen molar-refractivity contribution in [3.05, 3.63) is 71.2 Å². The number of benzene rings is 2. The summed E-state index contributed by atoms with van der Waals surface area (Å²) in [4.78, 5) is 14.9. The summed E-state index contributed by atoms with van der Waals surface area (Å²) < 4.78 is 39.2. The molecule has 0 radical (unpaired) electrons. The van der Waals surface area contributed by atoms with Crippen LogP contribution in [0.15, 0.2) is 42.6 Å². The van der Waals surface area contributed by atoms with Crippen molar-refractivity contribution in [2.75, 3.05) is 6.54 Å². The lowest BCUT2D eigenvalue weighted by atomic mass is 10.1. The maximum Gasteiger partial charge on any atom is 0.251 e. The number of hydrogen-bond acceptors (Lipinski definition) is 1. The molecule has 118 valence electrons. The normalized spacial score (nSPS) is 10.9. The molecular weight excluding hydrogens is 305 g/mol. The first-order valence-electron chi connectivity index (χ1n) is 7.03. The molecule has 0 aliphatic carbocycles. The number of rotatable bonds is 4. The quantitative estimate of drug-likeness (QED) is 0.759. The third kappa shape index (κ3) is 3.21. The molecule has 3 nitrogen and oxygen atoms in total. The second kappa shape index (κ2) is 6.16. The lowest BCUT2D eigenvalue weighted by molar-refractivity contribution is 0.0953. The zero-order valence-electron chi connectivity index (χ0n) is 12.0. The highest BCUT2D eigenvalue weighted by Crippen LogP contribution is 2.19. The Balaban J connectivity index is 1.65. The Morgan fingerprint density at radius 1 is 1.04 bits per heavy atom. The number of carbonyl (C=O) groups is 1. The maximum atomic E-state index is 13.3. The Bertz CT molecular complexity index is 873. The van der Waals surface area contributed by atoms with Crippen molar-refractivity contribution in [1.82, 2.24) is 10.3 Å². The van der Waals surface area contributed by atoms with E-state index < -0.39 is 17.5 Å². The largest absolute Gasteiger partial charge is 0.361 e. The number of aromatic nitrogens is 1. The molecule has 3 aromatic rings. The number of amides is 1. The molecule has 1 aromatic heterocycles. The summed E-state index contributed by atoms with van der Waals surface area (Å²) in [5, 5.41) is 3.38. The summed E-state index contributed by atoms with van der Waals surface area (Å²) in [5.41, 5.74) is 1.73. The molecule has 0 fully saturated rings. The number of fused-ring (bicyclic) bond motifs is 1. The van der Waals surface area contributed by atoms with Gasteiger partial charge in [-0.1, -0.05) is 0 Å². The molecule has 3 rings (SSSR count). The van der Waals surface area contributed by atoms with Crippen molar-refractivity contribution in [2.24, 2.45) is 0 Å². The summed E-state index contributed by atoms with van der Waals surface area (Å²) in [6.45, 7) is 0.293.